The van der Waals surface area contributed by atoms with Crippen molar-refractivity contribution in [1.29, 1.82) is 0 Å². The van der Waals surface area contributed by atoms with E-state index in [9.17, 15) is 4.79 Å². The highest BCUT2D eigenvalue weighted by molar-refractivity contribution is 5.73. The molecule has 1 rings (SSSR count). The minimum Gasteiger partial charge on any atom is -0.494 e. The summed E-state index contributed by atoms with van der Waals surface area (Å²) in [6.45, 7) is 6.91. The summed E-state index contributed by atoms with van der Waals surface area (Å²) < 4.78 is 5.35. The van der Waals surface area contributed by atoms with Crippen molar-refractivity contribution in [2.24, 2.45) is 5.92 Å². The van der Waals surface area contributed by atoms with Gasteiger partial charge in [0.05, 0.1) is 6.61 Å². The molecule has 0 radical (unpaired) electrons. The van der Waals surface area contributed by atoms with Gasteiger partial charge < -0.3 is 15.2 Å². The third-order valence-electron chi connectivity index (χ3n) is 2.69. The Hall–Kier alpha value is -1.55. The van der Waals surface area contributed by atoms with E-state index in [-0.39, 0.29) is 5.92 Å². The highest BCUT2D eigenvalue weighted by Gasteiger charge is 2.20. The molecule has 0 saturated carbocycles. The Labute approximate surface area is 108 Å². The van der Waals surface area contributed by atoms with Crippen LogP contribution in [-0.2, 0) is 11.3 Å². The van der Waals surface area contributed by atoms with E-state index >= 15 is 0 Å². The Kier molecular flexibility index (Phi) is 5.65. The fraction of sp³-hybridized carbons (Fsp3) is 0.500. The van der Waals surface area contributed by atoms with Crippen molar-refractivity contribution >= 4 is 5.97 Å². The Morgan fingerprint density at radius 1 is 1.33 bits per heavy atom. The van der Waals surface area contributed by atoms with Gasteiger partial charge in [-0.2, -0.15) is 0 Å². The monoisotopic (exact) mass is 251 g/mol. The molecule has 0 fully saturated rings. The van der Waals surface area contributed by atoms with Crippen LogP contribution < -0.4 is 10.1 Å². The number of hydrogen-bond donors (Lipinski definition) is 2. The topological polar surface area (TPSA) is 58.6 Å². The van der Waals surface area contributed by atoms with Crippen LogP contribution in [0.25, 0.3) is 0 Å². The van der Waals surface area contributed by atoms with Crippen LogP contribution in [0.15, 0.2) is 24.3 Å². The molecule has 0 heterocycles. The van der Waals surface area contributed by atoms with Crippen LogP contribution in [0.2, 0.25) is 0 Å². The second-order valence-corrected chi connectivity index (χ2v) is 4.52. The van der Waals surface area contributed by atoms with Crippen molar-refractivity contribution in [3.8, 4) is 5.75 Å². The molecule has 0 aliphatic rings. The zero-order valence-corrected chi connectivity index (χ0v) is 11.1. The lowest BCUT2D eigenvalue weighted by Crippen LogP contribution is -2.40. The van der Waals surface area contributed by atoms with E-state index in [1.807, 2.05) is 45.0 Å². The molecule has 2 N–H and O–H groups in total. The number of rotatable bonds is 7. The molecule has 18 heavy (non-hydrogen) atoms. The van der Waals surface area contributed by atoms with E-state index in [2.05, 4.69) is 5.32 Å². The molecule has 100 valence electrons. The van der Waals surface area contributed by atoms with Crippen LogP contribution in [-0.4, -0.2) is 23.7 Å². The number of carbonyl (C=O) groups is 1. The van der Waals surface area contributed by atoms with Gasteiger partial charge in [-0.15, -0.1) is 0 Å². The number of carboxylic acid groups (broad SMARTS) is 1. The lowest BCUT2D eigenvalue weighted by molar-refractivity contribution is -0.140. The van der Waals surface area contributed by atoms with Gasteiger partial charge in [0.25, 0.3) is 0 Å². The molecule has 0 amide bonds. The van der Waals surface area contributed by atoms with Gasteiger partial charge in [0, 0.05) is 6.54 Å². The second kappa shape index (κ2) is 7.01. The normalized spacial score (nSPS) is 12.4. The molecule has 4 heteroatoms. The first kappa shape index (κ1) is 14.5. The molecule has 0 aromatic heterocycles. The number of ether oxygens (including phenoxy) is 1. The van der Waals surface area contributed by atoms with E-state index in [0.717, 1.165) is 11.3 Å². The first-order chi connectivity index (χ1) is 8.54. The van der Waals surface area contributed by atoms with Crippen LogP contribution in [0.1, 0.15) is 26.3 Å². The molecule has 0 aliphatic heterocycles. The van der Waals surface area contributed by atoms with Gasteiger partial charge in [-0.25, -0.2) is 0 Å². The van der Waals surface area contributed by atoms with Crippen molar-refractivity contribution in [1.82, 2.24) is 5.32 Å². The minimum atomic E-state index is -0.809. The summed E-state index contributed by atoms with van der Waals surface area (Å²) in [7, 11) is 0. The summed E-state index contributed by atoms with van der Waals surface area (Å²) in [5.74, 6) is 0.0843. The Bertz CT molecular complexity index is 373. The third kappa shape index (κ3) is 4.37. The second-order valence-electron chi connectivity index (χ2n) is 4.52. The largest absolute Gasteiger partial charge is 0.494 e. The van der Waals surface area contributed by atoms with Crippen molar-refractivity contribution in [2.75, 3.05) is 6.61 Å². The Balaban J connectivity index is 2.54. The zero-order chi connectivity index (χ0) is 13.5. The number of aliphatic carboxylic acids is 1. The first-order valence-electron chi connectivity index (χ1n) is 6.22. The van der Waals surface area contributed by atoms with Gasteiger partial charge in [-0.05, 0) is 30.5 Å². The first-order valence-corrected chi connectivity index (χ1v) is 6.22. The van der Waals surface area contributed by atoms with E-state index in [0.29, 0.717) is 13.2 Å². The summed E-state index contributed by atoms with van der Waals surface area (Å²) in [5, 5.41) is 12.1. The third-order valence-corrected chi connectivity index (χ3v) is 2.69. The molecule has 0 aliphatic carbocycles. The van der Waals surface area contributed by atoms with Crippen LogP contribution in [0, 0.1) is 5.92 Å². The SMILES string of the molecule is CCOc1ccc(CN[C@@H](C(=O)O)C(C)C)cc1. The van der Waals surface area contributed by atoms with Crippen molar-refractivity contribution in [3.05, 3.63) is 29.8 Å². The van der Waals surface area contributed by atoms with Crippen molar-refractivity contribution in [3.63, 3.8) is 0 Å². The van der Waals surface area contributed by atoms with Crippen molar-refractivity contribution in [2.45, 2.75) is 33.4 Å². The molecule has 4 nitrogen and oxygen atoms in total. The Morgan fingerprint density at radius 2 is 1.94 bits per heavy atom. The fourth-order valence-corrected chi connectivity index (χ4v) is 1.71. The molecular formula is C14H21NO3. The van der Waals surface area contributed by atoms with Gasteiger partial charge in [-0.3, -0.25) is 4.79 Å². The number of hydrogen-bond acceptors (Lipinski definition) is 3. The highest BCUT2D eigenvalue weighted by Crippen LogP contribution is 2.12. The average Bonchev–Trinajstić information content (AvgIpc) is 2.31. The summed E-state index contributed by atoms with van der Waals surface area (Å²) >= 11 is 0. The number of carboxylic acids is 1. The lowest BCUT2D eigenvalue weighted by Gasteiger charge is -2.18. The average molecular weight is 251 g/mol. The van der Waals surface area contributed by atoms with Gasteiger partial charge in [-0.1, -0.05) is 26.0 Å². The Morgan fingerprint density at radius 3 is 2.39 bits per heavy atom. The maximum Gasteiger partial charge on any atom is 0.320 e. The van der Waals surface area contributed by atoms with Gasteiger partial charge >= 0.3 is 5.97 Å². The van der Waals surface area contributed by atoms with Crippen molar-refractivity contribution < 1.29 is 14.6 Å². The molecule has 0 spiro atoms. The van der Waals surface area contributed by atoms with Crippen LogP contribution in [0.3, 0.4) is 0 Å². The lowest BCUT2D eigenvalue weighted by atomic mass is 10.0. The molecule has 1 atom stereocenters. The molecule has 0 unspecified atom stereocenters. The quantitative estimate of drug-likeness (QED) is 0.780. The van der Waals surface area contributed by atoms with Crippen LogP contribution in [0.5, 0.6) is 5.75 Å². The van der Waals surface area contributed by atoms with Gasteiger partial charge in [0.1, 0.15) is 11.8 Å². The van der Waals surface area contributed by atoms with Gasteiger partial charge in [0.2, 0.25) is 0 Å². The zero-order valence-electron chi connectivity index (χ0n) is 11.1. The van der Waals surface area contributed by atoms with E-state index in [1.54, 1.807) is 0 Å². The number of nitrogens with one attached hydrogen (secondary N) is 1. The van der Waals surface area contributed by atoms with E-state index < -0.39 is 12.0 Å². The summed E-state index contributed by atoms with van der Waals surface area (Å²) in [6, 6.07) is 7.16. The molecule has 0 bridgehead atoms. The predicted molar refractivity (Wildman–Crippen MR) is 70.7 cm³/mol. The predicted octanol–water partition coefficient (Wildman–Crippen LogP) is 2.28. The summed E-state index contributed by atoms with van der Waals surface area (Å²) in [5.41, 5.74) is 1.05. The van der Waals surface area contributed by atoms with E-state index in [4.69, 9.17) is 9.84 Å². The minimum absolute atomic E-state index is 0.0604. The molecule has 1 aromatic rings. The molecular weight excluding hydrogens is 230 g/mol. The van der Waals surface area contributed by atoms with Crippen LogP contribution >= 0.6 is 0 Å². The fourth-order valence-electron chi connectivity index (χ4n) is 1.71. The maximum atomic E-state index is 11.0. The standard InChI is InChI=1S/C14H21NO3/c1-4-18-12-7-5-11(6-8-12)9-15-13(10(2)3)14(16)17/h5-8,10,13,15H,4,9H2,1-3H3,(H,16,17)/t13-/m1/s1. The number of benzene rings is 1. The summed E-state index contributed by atoms with van der Waals surface area (Å²) in [6.07, 6.45) is 0. The summed E-state index contributed by atoms with van der Waals surface area (Å²) in [4.78, 5) is 11.0. The van der Waals surface area contributed by atoms with E-state index in [1.165, 1.54) is 0 Å². The molecule has 0 saturated heterocycles. The van der Waals surface area contributed by atoms with Crippen LogP contribution in [0.4, 0.5) is 0 Å². The molecule has 1 aromatic carbocycles. The highest BCUT2D eigenvalue weighted by atomic mass is 16.5. The van der Waals surface area contributed by atoms with Gasteiger partial charge in [0.15, 0.2) is 0 Å². The smallest absolute Gasteiger partial charge is 0.320 e. The maximum absolute atomic E-state index is 11.0.